The lowest BCUT2D eigenvalue weighted by molar-refractivity contribution is -0.0507. The van der Waals surface area contributed by atoms with Gasteiger partial charge in [-0.3, -0.25) is 0 Å². The number of hydrogen-bond acceptors (Lipinski definition) is 4. The zero-order valence-corrected chi connectivity index (χ0v) is 12.5. The van der Waals surface area contributed by atoms with Crippen molar-refractivity contribution in [3.8, 4) is 0 Å². The highest BCUT2D eigenvalue weighted by Crippen LogP contribution is 2.36. The summed E-state index contributed by atoms with van der Waals surface area (Å²) in [5.41, 5.74) is 1.04. The Morgan fingerprint density at radius 3 is 2.78 bits per heavy atom. The van der Waals surface area contributed by atoms with Gasteiger partial charge in [0.15, 0.2) is 0 Å². The van der Waals surface area contributed by atoms with E-state index in [9.17, 15) is 0 Å². The normalized spacial score (nSPS) is 20.5. The van der Waals surface area contributed by atoms with E-state index < -0.39 is 0 Å². The van der Waals surface area contributed by atoms with Crippen molar-refractivity contribution in [2.45, 2.75) is 58.1 Å². The fourth-order valence-corrected chi connectivity index (χ4v) is 3.86. The molecule has 1 aromatic heterocycles. The molecule has 0 spiro atoms. The maximum Gasteiger partial charge on any atom is 0.125 e. The average Bonchev–Trinajstić information content (AvgIpc) is 3.05. The molecular formula is C14H24N2OS. The van der Waals surface area contributed by atoms with Crippen molar-refractivity contribution in [3.05, 3.63) is 16.1 Å². The van der Waals surface area contributed by atoms with Crippen LogP contribution in [-0.4, -0.2) is 18.1 Å². The molecule has 0 unspecified atom stereocenters. The number of nitrogens with zero attached hydrogens (tertiary/aromatic N) is 1. The highest BCUT2D eigenvalue weighted by molar-refractivity contribution is 7.09. The second kappa shape index (κ2) is 6.13. The number of rotatable bonds is 6. The smallest absolute Gasteiger partial charge is 0.125 e. The van der Waals surface area contributed by atoms with E-state index >= 15 is 0 Å². The number of ether oxygens (including phenoxy) is 1. The van der Waals surface area contributed by atoms with E-state index in [0.29, 0.717) is 6.04 Å². The maximum atomic E-state index is 6.02. The van der Waals surface area contributed by atoms with Crippen LogP contribution in [-0.2, 0) is 10.3 Å². The fourth-order valence-electron chi connectivity index (χ4n) is 2.69. The minimum atomic E-state index is -0.170. The molecule has 0 radical (unpaired) electrons. The van der Waals surface area contributed by atoms with Crippen LogP contribution in [0, 0.1) is 0 Å². The highest BCUT2D eigenvalue weighted by atomic mass is 32.1. The standard InChI is InChI=1S/C14H24N2OS/c1-4-14(5-2,17-6-3)13-16-12(10-18-13)11-8-7-9-15-11/h10-11,15H,4-9H2,1-3H3/t11-/m0/s1. The predicted molar refractivity (Wildman–Crippen MR) is 76.0 cm³/mol. The van der Waals surface area contributed by atoms with E-state index in [-0.39, 0.29) is 5.60 Å². The molecule has 2 heterocycles. The van der Waals surface area contributed by atoms with E-state index in [1.807, 2.05) is 0 Å². The Balaban J connectivity index is 2.20. The lowest BCUT2D eigenvalue weighted by Gasteiger charge is -2.29. The Morgan fingerprint density at radius 2 is 2.22 bits per heavy atom. The predicted octanol–water partition coefficient (Wildman–Crippen LogP) is 3.62. The van der Waals surface area contributed by atoms with Gasteiger partial charge in [-0.2, -0.15) is 0 Å². The summed E-state index contributed by atoms with van der Waals surface area (Å²) in [6.07, 6.45) is 4.45. The van der Waals surface area contributed by atoms with E-state index in [4.69, 9.17) is 9.72 Å². The molecule has 1 aliphatic heterocycles. The third-order valence-electron chi connectivity index (χ3n) is 3.89. The Kier molecular flexibility index (Phi) is 4.76. The molecule has 0 saturated carbocycles. The Morgan fingerprint density at radius 1 is 1.44 bits per heavy atom. The fraction of sp³-hybridized carbons (Fsp3) is 0.786. The first kappa shape index (κ1) is 14.0. The quantitative estimate of drug-likeness (QED) is 0.855. The minimum absolute atomic E-state index is 0.170. The molecule has 102 valence electrons. The number of hydrogen-bond donors (Lipinski definition) is 1. The van der Waals surface area contributed by atoms with Crippen LogP contribution in [0.5, 0.6) is 0 Å². The van der Waals surface area contributed by atoms with Crippen molar-refractivity contribution in [3.63, 3.8) is 0 Å². The Hall–Kier alpha value is -0.450. The molecule has 1 atom stereocenters. The van der Waals surface area contributed by atoms with E-state index in [1.54, 1.807) is 11.3 Å². The van der Waals surface area contributed by atoms with Crippen molar-refractivity contribution in [1.82, 2.24) is 10.3 Å². The summed E-state index contributed by atoms with van der Waals surface area (Å²) in [6, 6.07) is 0.461. The van der Waals surface area contributed by atoms with Gasteiger partial charge >= 0.3 is 0 Å². The van der Waals surface area contributed by atoms with Gasteiger partial charge in [0.25, 0.3) is 0 Å². The summed E-state index contributed by atoms with van der Waals surface area (Å²) in [4.78, 5) is 4.86. The van der Waals surface area contributed by atoms with Crippen LogP contribution in [0.3, 0.4) is 0 Å². The van der Waals surface area contributed by atoms with Gasteiger partial charge in [-0.25, -0.2) is 4.98 Å². The van der Waals surface area contributed by atoms with E-state index in [0.717, 1.165) is 31.0 Å². The van der Waals surface area contributed by atoms with Crippen molar-refractivity contribution >= 4 is 11.3 Å². The Bertz CT molecular complexity index is 368. The van der Waals surface area contributed by atoms with Gasteiger partial charge in [0.1, 0.15) is 10.6 Å². The van der Waals surface area contributed by atoms with Gasteiger partial charge < -0.3 is 10.1 Å². The first-order valence-corrected chi connectivity index (χ1v) is 7.97. The van der Waals surface area contributed by atoms with Gasteiger partial charge in [0.2, 0.25) is 0 Å². The molecule has 1 saturated heterocycles. The van der Waals surface area contributed by atoms with Crippen LogP contribution < -0.4 is 5.32 Å². The first-order chi connectivity index (χ1) is 8.75. The second-order valence-electron chi connectivity index (χ2n) is 4.86. The zero-order valence-electron chi connectivity index (χ0n) is 11.7. The largest absolute Gasteiger partial charge is 0.368 e. The van der Waals surface area contributed by atoms with Gasteiger partial charge in [-0.15, -0.1) is 11.3 Å². The molecule has 3 nitrogen and oxygen atoms in total. The maximum absolute atomic E-state index is 6.02. The summed E-state index contributed by atoms with van der Waals surface area (Å²) in [6.45, 7) is 8.31. The first-order valence-electron chi connectivity index (χ1n) is 7.09. The van der Waals surface area contributed by atoms with Crippen LogP contribution >= 0.6 is 11.3 Å². The van der Waals surface area contributed by atoms with E-state index in [2.05, 4.69) is 31.5 Å². The van der Waals surface area contributed by atoms with Crippen molar-refractivity contribution in [1.29, 1.82) is 0 Å². The van der Waals surface area contributed by atoms with Crippen molar-refractivity contribution < 1.29 is 4.74 Å². The van der Waals surface area contributed by atoms with Crippen molar-refractivity contribution in [2.75, 3.05) is 13.2 Å². The molecule has 0 aliphatic carbocycles. The molecule has 4 heteroatoms. The highest BCUT2D eigenvalue weighted by Gasteiger charge is 2.33. The summed E-state index contributed by atoms with van der Waals surface area (Å²) in [5, 5.41) is 6.87. The van der Waals surface area contributed by atoms with Crippen LogP contribution in [0.15, 0.2) is 5.38 Å². The van der Waals surface area contributed by atoms with Gasteiger partial charge in [-0.05, 0) is 39.2 Å². The molecule has 1 N–H and O–H groups in total. The minimum Gasteiger partial charge on any atom is -0.368 e. The van der Waals surface area contributed by atoms with E-state index in [1.165, 1.54) is 18.5 Å². The van der Waals surface area contributed by atoms with Gasteiger partial charge in [0, 0.05) is 12.0 Å². The van der Waals surface area contributed by atoms with Crippen LogP contribution in [0.1, 0.15) is 63.2 Å². The van der Waals surface area contributed by atoms with Crippen LogP contribution in [0.25, 0.3) is 0 Å². The third-order valence-corrected chi connectivity index (χ3v) is 4.94. The number of aromatic nitrogens is 1. The second-order valence-corrected chi connectivity index (χ2v) is 5.72. The molecule has 1 aliphatic rings. The molecule has 1 fully saturated rings. The van der Waals surface area contributed by atoms with Crippen LogP contribution in [0.4, 0.5) is 0 Å². The third kappa shape index (κ3) is 2.60. The molecule has 0 bridgehead atoms. The lowest BCUT2D eigenvalue weighted by Crippen LogP contribution is -2.28. The number of thiazole rings is 1. The SMILES string of the molecule is CCOC(CC)(CC)c1nc([C@@H]2CCCN2)cs1. The molecule has 2 rings (SSSR count). The summed E-state index contributed by atoms with van der Waals surface area (Å²) >= 11 is 1.76. The van der Waals surface area contributed by atoms with Crippen LogP contribution in [0.2, 0.25) is 0 Å². The Labute approximate surface area is 114 Å². The molecule has 0 amide bonds. The zero-order chi connectivity index (χ0) is 13.0. The average molecular weight is 268 g/mol. The molecule has 1 aromatic rings. The summed E-state index contributed by atoms with van der Waals surface area (Å²) in [7, 11) is 0. The summed E-state index contributed by atoms with van der Waals surface area (Å²) in [5.74, 6) is 0. The van der Waals surface area contributed by atoms with Crippen molar-refractivity contribution in [2.24, 2.45) is 0 Å². The number of nitrogens with one attached hydrogen (secondary N) is 1. The van der Waals surface area contributed by atoms with Gasteiger partial charge in [0.05, 0.1) is 11.7 Å². The molecule has 0 aromatic carbocycles. The lowest BCUT2D eigenvalue weighted by atomic mass is 9.98. The molecular weight excluding hydrogens is 244 g/mol. The monoisotopic (exact) mass is 268 g/mol. The topological polar surface area (TPSA) is 34.1 Å². The molecule has 18 heavy (non-hydrogen) atoms. The summed E-state index contributed by atoms with van der Waals surface area (Å²) < 4.78 is 6.02. The van der Waals surface area contributed by atoms with Gasteiger partial charge in [-0.1, -0.05) is 13.8 Å².